The molecule has 0 radical (unpaired) electrons. The van der Waals surface area contributed by atoms with E-state index >= 15 is 0 Å². The summed E-state index contributed by atoms with van der Waals surface area (Å²) < 4.78 is 32.4. The van der Waals surface area contributed by atoms with Crippen molar-refractivity contribution >= 4 is 15.9 Å². The van der Waals surface area contributed by atoms with E-state index < -0.39 is 10.0 Å². The number of amides is 1. The topological polar surface area (TPSA) is 78.9 Å². The van der Waals surface area contributed by atoms with Crippen LogP contribution in [0.3, 0.4) is 0 Å². The molecule has 1 amide bonds. The van der Waals surface area contributed by atoms with Crippen molar-refractivity contribution in [2.24, 2.45) is 0 Å². The number of rotatable bonds is 8. The third-order valence-corrected chi connectivity index (χ3v) is 7.02. The minimum atomic E-state index is -3.35. The Balaban J connectivity index is 1.52. The van der Waals surface area contributed by atoms with E-state index in [9.17, 15) is 13.2 Å². The maximum absolute atomic E-state index is 12.6. The van der Waals surface area contributed by atoms with Gasteiger partial charge in [-0.3, -0.25) is 4.79 Å². The number of piperazine rings is 1. The van der Waals surface area contributed by atoms with Gasteiger partial charge < -0.3 is 15.0 Å². The Kier molecular flexibility index (Phi) is 7.69. The van der Waals surface area contributed by atoms with Gasteiger partial charge in [-0.15, -0.1) is 0 Å². The monoisotopic (exact) mass is 445 g/mol. The van der Waals surface area contributed by atoms with Crippen LogP contribution in [0.25, 0.3) is 0 Å². The van der Waals surface area contributed by atoms with Crippen LogP contribution in [0.5, 0.6) is 5.75 Å². The van der Waals surface area contributed by atoms with Gasteiger partial charge >= 0.3 is 0 Å². The van der Waals surface area contributed by atoms with Crippen LogP contribution in [0.15, 0.2) is 48.5 Å². The quantitative estimate of drug-likeness (QED) is 0.675. The van der Waals surface area contributed by atoms with E-state index in [4.69, 9.17) is 4.74 Å². The molecule has 3 rings (SSSR count). The van der Waals surface area contributed by atoms with Crippen molar-refractivity contribution in [1.82, 2.24) is 14.5 Å². The number of hydrogen-bond acceptors (Lipinski definition) is 5. The number of hydrogen-bond donors (Lipinski definition) is 1. The second-order valence-electron chi connectivity index (χ2n) is 8.15. The summed E-state index contributed by atoms with van der Waals surface area (Å²) in [7, 11) is -1.36. The average Bonchev–Trinajstić information content (AvgIpc) is 2.73. The molecule has 0 bridgehead atoms. The van der Waals surface area contributed by atoms with Crippen molar-refractivity contribution in [3.05, 3.63) is 65.2 Å². The Bertz CT molecular complexity index is 965. The van der Waals surface area contributed by atoms with Crippen molar-refractivity contribution in [2.75, 3.05) is 33.2 Å². The number of benzene rings is 2. The van der Waals surface area contributed by atoms with Crippen molar-refractivity contribution < 1.29 is 17.9 Å². The molecule has 0 atom stereocenters. The van der Waals surface area contributed by atoms with Crippen LogP contribution in [-0.2, 0) is 22.3 Å². The zero-order chi connectivity index (χ0) is 22.4. The van der Waals surface area contributed by atoms with Gasteiger partial charge in [0.15, 0.2) is 0 Å². The molecular weight excluding hydrogens is 414 g/mol. The van der Waals surface area contributed by atoms with Crippen LogP contribution in [0, 0.1) is 0 Å². The standard InChI is InChI=1S/C23H31N3O4S/c1-18(2)30-22-10-6-19(7-11-22)16-24-23(27)21-8-4-20(5-9-21)17-31(28,29)26-14-12-25(3)13-15-26/h4-11,18H,12-17H2,1-3H3,(H,24,27). The van der Waals surface area contributed by atoms with Crippen molar-refractivity contribution in [2.45, 2.75) is 32.2 Å². The predicted molar refractivity (Wildman–Crippen MR) is 122 cm³/mol. The number of carbonyl (C=O) groups is 1. The second-order valence-corrected chi connectivity index (χ2v) is 10.1. The zero-order valence-electron chi connectivity index (χ0n) is 18.4. The molecule has 1 aliphatic heterocycles. The molecule has 1 fully saturated rings. The van der Waals surface area contributed by atoms with Gasteiger partial charge in [0.1, 0.15) is 5.75 Å². The molecule has 0 aliphatic carbocycles. The number of nitrogens with one attached hydrogen (secondary N) is 1. The third kappa shape index (κ3) is 6.78. The summed E-state index contributed by atoms with van der Waals surface area (Å²) in [5.41, 5.74) is 2.15. The molecule has 31 heavy (non-hydrogen) atoms. The molecule has 1 aliphatic rings. The fourth-order valence-electron chi connectivity index (χ4n) is 3.36. The van der Waals surface area contributed by atoms with Crippen molar-refractivity contribution in [3.63, 3.8) is 0 Å². The van der Waals surface area contributed by atoms with Crippen LogP contribution in [-0.4, -0.2) is 62.9 Å². The molecule has 1 N–H and O–H groups in total. The van der Waals surface area contributed by atoms with E-state index in [0.29, 0.717) is 30.8 Å². The van der Waals surface area contributed by atoms with Crippen LogP contribution in [0.4, 0.5) is 0 Å². The number of ether oxygens (including phenoxy) is 1. The summed E-state index contributed by atoms with van der Waals surface area (Å²) in [6, 6.07) is 14.4. The van der Waals surface area contributed by atoms with Gasteiger partial charge in [0, 0.05) is 38.3 Å². The Morgan fingerprint density at radius 1 is 0.968 bits per heavy atom. The van der Waals surface area contributed by atoms with Crippen LogP contribution < -0.4 is 10.1 Å². The fraction of sp³-hybridized carbons (Fsp3) is 0.435. The Morgan fingerprint density at radius 2 is 1.55 bits per heavy atom. The molecule has 2 aromatic rings. The van der Waals surface area contributed by atoms with Crippen LogP contribution in [0.2, 0.25) is 0 Å². The SMILES string of the molecule is CC(C)Oc1ccc(CNC(=O)c2ccc(CS(=O)(=O)N3CCN(C)CC3)cc2)cc1. The highest BCUT2D eigenvalue weighted by atomic mass is 32.2. The smallest absolute Gasteiger partial charge is 0.251 e. The maximum Gasteiger partial charge on any atom is 0.251 e. The molecule has 8 heteroatoms. The Labute approximate surface area is 185 Å². The highest BCUT2D eigenvalue weighted by Crippen LogP contribution is 2.15. The molecule has 0 spiro atoms. The summed E-state index contributed by atoms with van der Waals surface area (Å²) in [6.07, 6.45) is 0.116. The van der Waals surface area contributed by atoms with Crippen LogP contribution in [0.1, 0.15) is 35.3 Å². The van der Waals surface area contributed by atoms with E-state index in [-0.39, 0.29) is 17.8 Å². The number of carbonyl (C=O) groups excluding carboxylic acids is 1. The summed E-state index contributed by atoms with van der Waals surface area (Å²) in [6.45, 7) is 6.87. The highest BCUT2D eigenvalue weighted by molar-refractivity contribution is 7.88. The van der Waals surface area contributed by atoms with Crippen molar-refractivity contribution in [3.8, 4) is 5.75 Å². The van der Waals surface area contributed by atoms with Gasteiger partial charge in [0.25, 0.3) is 5.91 Å². The van der Waals surface area contributed by atoms with Crippen molar-refractivity contribution in [1.29, 1.82) is 0 Å². The lowest BCUT2D eigenvalue weighted by molar-refractivity contribution is 0.0951. The van der Waals surface area contributed by atoms with Gasteiger partial charge in [-0.25, -0.2) is 8.42 Å². The van der Waals surface area contributed by atoms with Gasteiger partial charge in [0.05, 0.1) is 11.9 Å². The molecule has 0 unspecified atom stereocenters. The minimum Gasteiger partial charge on any atom is -0.491 e. The maximum atomic E-state index is 12.6. The lowest BCUT2D eigenvalue weighted by Crippen LogP contribution is -2.47. The zero-order valence-corrected chi connectivity index (χ0v) is 19.2. The number of likely N-dealkylation sites (N-methyl/N-ethyl adjacent to an activating group) is 1. The number of sulfonamides is 1. The summed E-state index contributed by atoms with van der Waals surface area (Å²) >= 11 is 0. The summed E-state index contributed by atoms with van der Waals surface area (Å²) in [5.74, 6) is 0.548. The van der Waals surface area contributed by atoms with E-state index in [2.05, 4.69) is 10.2 Å². The lowest BCUT2D eigenvalue weighted by atomic mass is 10.1. The molecule has 0 saturated carbocycles. The summed E-state index contributed by atoms with van der Waals surface area (Å²) in [4.78, 5) is 14.6. The van der Waals surface area contributed by atoms with Gasteiger partial charge in [-0.1, -0.05) is 24.3 Å². The molecule has 0 aromatic heterocycles. The van der Waals surface area contributed by atoms with Crippen LogP contribution >= 0.6 is 0 Å². The Hall–Kier alpha value is -2.42. The normalized spacial score (nSPS) is 15.7. The van der Waals surface area contributed by atoms with E-state index in [1.54, 1.807) is 28.6 Å². The molecular formula is C23H31N3O4S. The van der Waals surface area contributed by atoms with Gasteiger partial charge in [0.2, 0.25) is 10.0 Å². The first-order valence-electron chi connectivity index (χ1n) is 10.5. The molecule has 168 valence electrons. The largest absolute Gasteiger partial charge is 0.491 e. The first-order chi connectivity index (χ1) is 14.7. The van der Waals surface area contributed by atoms with E-state index in [1.165, 1.54) is 0 Å². The van der Waals surface area contributed by atoms with E-state index in [0.717, 1.165) is 24.4 Å². The third-order valence-electron chi connectivity index (χ3n) is 5.17. The number of nitrogens with zero attached hydrogens (tertiary/aromatic N) is 2. The summed E-state index contributed by atoms with van der Waals surface area (Å²) in [5, 5.41) is 2.89. The lowest BCUT2D eigenvalue weighted by Gasteiger charge is -2.31. The highest BCUT2D eigenvalue weighted by Gasteiger charge is 2.25. The molecule has 1 heterocycles. The fourth-order valence-corrected chi connectivity index (χ4v) is 4.88. The molecule has 2 aromatic carbocycles. The Morgan fingerprint density at radius 3 is 2.13 bits per heavy atom. The van der Waals surface area contributed by atoms with Gasteiger partial charge in [-0.2, -0.15) is 4.31 Å². The molecule has 1 saturated heterocycles. The first kappa shape index (κ1) is 23.2. The average molecular weight is 446 g/mol. The minimum absolute atomic E-state index is 0.0522. The first-order valence-corrected chi connectivity index (χ1v) is 12.1. The predicted octanol–water partition coefficient (Wildman–Crippen LogP) is 2.48. The second kappa shape index (κ2) is 10.3. The van der Waals surface area contributed by atoms with Gasteiger partial charge in [-0.05, 0) is 56.3 Å². The van der Waals surface area contributed by atoms with E-state index in [1.807, 2.05) is 45.2 Å². The molecule has 7 nitrogen and oxygen atoms in total.